The van der Waals surface area contributed by atoms with Crippen molar-refractivity contribution in [3.05, 3.63) is 29.8 Å². The number of nitrogens with zero attached hydrogens (tertiary/aromatic N) is 2. The second-order valence-corrected chi connectivity index (χ2v) is 5.09. The van der Waals surface area contributed by atoms with E-state index in [4.69, 9.17) is 4.74 Å². The molecular weight excluding hydrogens is 278 g/mol. The molecule has 1 atom stereocenters. The lowest BCUT2D eigenvalue weighted by molar-refractivity contribution is -0.139. The summed E-state index contributed by atoms with van der Waals surface area (Å²) in [6, 6.07) is 3.05. The van der Waals surface area contributed by atoms with Crippen LogP contribution in [0.2, 0.25) is 0 Å². The van der Waals surface area contributed by atoms with Crippen LogP contribution in [0.15, 0.2) is 18.2 Å². The van der Waals surface area contributed by atoms with Crippen LogP contribution in [0.1, 0.15) is 13.8 Å². The number of ether oxygens (including phenoxy) is 1. The van der Waals surface area contributed by atoms with E-state index in [0.717, 1.165) is 31.8 Å². The Morgan fingerprint density at radius 3 is 2.52 bits per heavy atom. The molecule has 0 aliphatic carbocycles. The van der Waals surface area contributed by atoms with Crippen molar-refractivity contribution in [3.63, 3.8) is 0 Å². The van der Waals surface area contributed by atoms with Crippen molar-refractivity contribution >= 4 is 5.91 Å². The third-order valence-electron chi connectivity index (χ3n) is 3.68. The summed E-state index contributed by atoms with van der Waals surface area (Å²) in [6.45, 7) is 7.59. The monoisotopic (exact) mass is 298 g/mol. The summed E-state index contributed by atoms with van der Waals surface area (Å²) in [6.07, 6.45) is -0.793. The molecule has 1 aliphatic rings. The van der Waals surface area contributed by atoms with Crippen molar-refractivity contribution in [2.75, 3.05) is 32.7 Å². The van der Waals surface area contributed by atoms with Crippen LogP contribution < -0.4 is 4.74 Å². The molecule has 0 unspecified atom stereocenters. The minimum absolute atomic E-state index is 0.107. The summed E-state index contributed by atoms with van der Waals surface area (Å²) in [5.41, 5.74) is 0. The number of carbonyl (C=O) groups is 1. The number of hydrogen-bond acceptors (Lipinski definition) is 3. The Kier molecular flexibility index (Phi) is 5.12. The van der Waals surface area contributed by atoms with E-state index in [1.165, 1.54) is 6.07 Å². The molecule has 1 fully saturated rings. The summed E-state index contributed by atoms with van der Waals surface area (Å²) >= 11 is 0. The summed E-state index contributed by atoms with van der Waals surface area (Å²) in [5.74, 6) is -1.75. The van der Waals surface area contributed by atoms with Crippen molar-refractivity contribution in [2.45, 2.75) is 20.0 Å². The Hall–Kier alpha value is -1.69. The molecule has 116 valence electrons. The third kappa shape index (κ3) is 3.91. The molecule has 0 spiro atoms. The van der Waals surface area contributed by atoms with Gasteiger partial charge in [-0.3, -0.25) is 4.79 Å². The molecule has 0 bridgehead atoms. The molecule has 6 heteroatoms. The lowest BCUT2D eigenvalue weighted by Crippen LogP contribution is -2.51. The highest BCUT2D eigenvalue weighted by Gasteiger charge is 2.26. The predicted octanol–water partition coefficient (Wildman–Crippen LogP) is 1.90. The first-order valence-corrected chi connectivity index (χ1v) is 7.14. The SMILES string of the molecule is CCN1CCN(C(=O)[C@H](C)Oc2ccc(F)cc2F)CC1. The van der Waals surface area contributed by atoms with Gasteiger partial charge in [-0.15, -0.1) is 0 Å². The molecule has 0 aromatic heterocycles. The average Bonchev–Trinajstić information content (AvgIpc) is 2.49. The van der Waals surface area contributed by atoms with E-state index in [1.807, 2.05) is 0 Å². The Bertz CT molecular complexity index is 502. The fourth-order valence-electron chi connectivity index (χ4n) is 2.35. The smallest absolute Gasteiger partial charge is 0.263 e. The van der Waals surface area contributed by atoms with E-state index >= 15 is 0 Å². The molecule has 1 saturated heterocycles. The normalized spacial score (nSPS) is 17.6. The summed E-state index contributed by atoms with van der Waals surface area (Å²) < 4.78 is 31.7. The Morgan fingerprint density at radius 2 is 1.95 bits per heavy atom. The molecule has 1 aromatic carbocycles. The minimum Gasteiger partial charge on any atom is -0.478 e. The van der Waals surface area contributed by atoms with Crippen LogP contribution in [-0.4, -0.2) is 54.5 Å². The third-order valence-corrected chi connectivity index (χ3v) is 3.68. The fourth-order valence-corrected chi connectivity index (χ4v) is 2.35. The van der Waals surface area contributed by atoms with E-state index in [1.54, 1.807) is 11.8 Å². The maximum Gasteiger partial charge on any atom is 0.263 e. The number of benzene rings is 1. The number of piperazine rings is 1. The number of halogens is 2. The van der Waals surface area contributed by atoms with Crippen molar-refractivity contribution in [3.8, 4) is 5.75 Å². The summed E-state index contributed by atoms with van der Waals surface area (Å²) in [4.78, 5) is 16.2. The standard InChI is InChI=1S/C15H20F2N2O2/c1-3-18-6-8-19(9-7-18)15(20)11(2)21-14-5-4-12(16)10-13(14)17/h4-5,10-11H,3,6-9H2,1-2H3/t11-/m0/s1. The first kappa shape index (κ1) is 15.7. The number of hydrogen-bond donors (Lipinski definition) is 0. The van der Waals surface area contributed by atoms with Crippen LogP contribution in [0.5, 0.6) is 5.75 Å². The molecule has 2 rings (SSSR count). The van der Waals surface area contributed by atoms with Gasteiger partial charge in [-0.1, -0.05) is 6.92 Å². The zero-order valence-corrected chi connectivity index (χ0v) is 12.3. The zero-order chi connectivity index (χ0) is 15.4. The molecule has 0 saturated carbocycles. The van der Waals surface area contributed by atoms with Gasteiger partial charge in [0.2, 0.25) is 0 Å². The van der Waals surface area contributed by atoms with Crippen LogP contribution >= 0.6 is 0 Å². The highest BCUT2D eigenvalue weighted by molar-refractivity contribution is 5.81. The number of carbonyl (C=O) groups excluding carboxylic acids is 1. The van der Waals surface area contributed by atoms with Crippen LogP contribution in [0, 0.1) is 11.6 Å². The van der Waals surface area contributed by atoms with Crippen molar-refractivity contribution < 1.29 is 18.3 Å². The van der Waals surface area contributed by atoms with Gasteiger partial charge in [0, 0.05) is 32.2 Å². The summed E-state index contributed by atoms with van der Waals surface area (Å²) in [7, 11) is 0. The largest absolute Gasteiger partial charge is 0.478 e. The summed E-state index contributed by atoms with van der Waals surface area (Å²) in [5, 5.41) is 0. The molecule has 4 nitrogen and oxygen atoms in total. The first-order chi connectivity index (χ1) is 10.0. The van der Waals surface area contributed by atoms with E-state index in [9.17, 15) is 13.6 Å². The van der Waals surface area contributed by atoms with Gasteiger partial charge < -0.3 is 14.5 Å². The van der Waals surface area contributed by atoms with Gasteiger partial charge >= 0.3 is 0 Å². The Balaban J connectivity index is 1.93. The van der Waals surface area contributed by atoms with Gasteiger partial charge in [0.1, 0.15) is 5.82 Å². The van der Waals surface area contributed by atoms with Gasteiger partial charge in [-0.05, 0) is 25.6 Å². The van der Waals surface area contributed by atoms with Gasteiger partial charge in [0.05, 0.1) is 0 Å². The van der Waals surface area contributed by atoms with E-state index in [-0.39, 0.29) is 11.7 Å². The van der Waals surface area contributed by atoms with Crippen molar-refractivity contribution in [1.82, 2.24) is 9.80 Å². The molecule has 1 amide bonds. The lowest BCUT2D eigenvalue weighted by Gasteiger charge is -2.35. The van der Waals surface area contributed by atoms with Crippen molar-refractivity contribution in [1.29, 1.82) is 0 Å². The van der Waals surface area contributed by atoms with E-state index < -0.39 is 17.7 Å². The van der Waals surface area contributed by atoms with Gasteiger partial charge in [0.15, 0.2) is 17.7 Å². The van der Waals surface area contributed by atoms with Gasteiger partial charge in [0.25, 0.3) is 5.91 Å². The van der Waals surface area contributed by atoms with Crippen LogP contribution in [0.4, 0.5) is 8.78 Å². The molecule has 1 aromatic rings. The minimum atomic E-state index is -0.801. The van der Waals surface area contributed by atoms with E-state index in [2.05, 4.69) is 11.8 Å². The van der Waals surface area contributed by atoms with Gasteiger partial charge in [-0.2, -0.15) is 0 Å². The predicted molar refractivity (Wildman–Crippen MR) is 75.1 cm³/mol. The molecular formula is C15H20F2N2O2. The van der Waals surface area contributed by atoms with Crippen LogP contribution in [0.25, 0.3) is 0 Å². The zero-order valence-electron chi connectivity index (χ0n) is 12.3. The lowest BCUT2D eigenvalue weighted by atomic mass is 10.2. The number of likely N-dealkylation sites (N-methyl/N-ethyl adjacent to an activating group) is 1. The Morgan fingerprint density at radius 1 is 1.29 bits per heavy atom. The van der Waals surface area contributed by atoms with Crippen LogP contribution in [0.3, 0.4) is 0 Å². The maximum atomic E-state index is 13.5. The first-order valence-electron chi connectivity index (χ1n) is 7.14. The molecule has 21 heavy (non-hydrogen) atoms. The highest BCUT2D eigenvalue weighted by atomic mass is 19.1. The van der Waals surface area contributed by atoms with Crippen LogP contribution in [-0.2, 0) is 4.79 Å². The number of amides is 1. The quantitative estimate of drug-likeness (QED) is 0.851. The highest BCUT2D eigenvalue weighted by Crippen LogP contribution is 2.19. The topological polar surface area (TPSA) is 32.8 Å². The Labute approximate surface area is 123 Å². The second kappa shape index (κ2) is 6.85. The number of rotatable bonds is 4. The molecule has 1 aliphatic heterocycles. The fraction of sp³-hybridized carbons (Fsp3) is 0.533. The average molecular weight is 298 g/mol. The van der Waals surface area contributed by atoms with E-state index in [0.29, 0.717) is 13.1 Å². The molecule has 0 N–H and O–H groups in total. The van der Waals surface area contributed by atoms with Crippen molar-refractivity contribution in [2.24, 2.45) is 0 Å². The molecule has 1 heterocycles. The second-order valence-electron chi connectivity index (χ2n) is 5.09. The molecule has 0 radical (unpaired) electrons. The van der Waals surface area contributed by atoms with Gasteiger partial charge in [-0.25, -0.2) is 8.78 Å². The maximum absolute atomic E-state index is 13.5.